The molecule has 1 heterocycles. The number of methoxy groups -OCH3 is 2. The van der Waals surface area contributed by atoms with Crippen LogP contribution in [0.4, 0.5) is 5.69 Å². The third kappa shape index (κ3) is 4.15. The molecule has 0 amide bonds. The molecule has 0 saturated carbocycles. The number of nitrogens with zero attached hydrogens (tertiary/aromatic N) is 2. The second kappa shape index (κ2) is 8.21. The molecule has 0 unspecified atom stereocenters. The predicted molar refractivity (Wildman–Crippen MR) is 108 cm³/mol. The van der Waals surface area contributed by atoms with E-state index in [0.29, 0.717) is 11.5 Å². The summed E-state index contributed by atoms with van der Waals surface area (Å²) in [5.74, 6) is 1.33. The van der Waals surface area contributed by atoms with Crippen LogP contribution in [0.2, 0.25) is 0 Å². The van der Waals surface area contributed by atoms with Gasteiger partial charge in [0.05, 0.1) is 17.3 Å². The summed E-state index contributed by atoms with van der Waals surface area (Å²) in [7, 11) is 7.29. The number of hydrogen-bond acceptors (Lipinski definition) is 6. The van der Waals surface area contributed by atoms with Crippen LogP contribution in [0.15, 0.2) is 36.4 Å². The summed E-state index contributed by atoms with van der Waals surface area (Å²) >= 11 is 1.68. The van der Waals surface area contributed by atoms with Crippen LogP contribution in [0.5, 0.6) is 11.5 Å². The standard InChI is InChI=1S/C20H22N2O3S/c1-22(2)15-7-8-16-19(12-15)26-20(21-16)10-6-14-5-9-17(25-13-23-3)18(11-14)24-4/h5-12H,13H2,1-4H3. The van der Waals surface area contributed by atoms with E-state index >= 15 is 0 Å². The average Bonchev–Trinajstić information content (AvgIpc) is 3.06. The minimum absolute atomic E-state index is 0.187. The van der Waals surface area contributed by atoms with E-state index in [0.717, 1.165) is 16.1 Å². The number of thiazole rings is 1. The maximum atomic E-state index is 5.48. The molecule has 3 rings (SSSR count). The number of hydrogen-bond donors (Lipinski definition) is 0. The zero-order chi connectivity index (χ0) is 18.5. The van der Waals surface area contributed by atoms with E-state index < -0.39 is 0 Å². The zero-order valence-corrected chi connectivity index (χ0v) is 16.2. The normalized spacial score (nSPS) is 11.2. The molecule has 0 N–H and O–H groups in total. The van der Waals surface area contributed by atoms with Gasteiger partial charge in [0.2, 0.25) is 0 Å². The quantitative estimate of drug-likeness (QED) is 0.572. The predicted octanol–water partition coefficient (Wildman–Crippen LogP) is 4.52. The fourth-order valence-electron chi connectivity index (χ4n) is 2.48. The average molecular weight is 370 g/mol. The molecule has 0 atom stereocenters. The van der Waals surface area contributed by atoms with Gasteiger partial charge in [-0.25, -0.2) is 4.98 Å². The van der Waals surface area contributed by atoms with Gasteiger partial charge in [-0.3, -0.25) is 0 Å². The molecule has 5 nitrogen and oxygen atoms in total. The molecule has 0 saturated heterocycles. The highest BCUT2D eigenvalue weighted by Gasteiger charge is 2.06. The van der Waals surface area contributed by atoms with E-state index in [9.17, 15) is 0 Å². The lowest BCUT2D eigenvalue weighted by molar-refractivity contribution is 0.0491. The minimum atomic E-state index is 0.187. The molecule has 0 bridgehead atoms. The van der Waals surface area contributed by atoms with Crippen molar-refractivity contribution in [2.24, 2.45) is 0 Å². The molecule has 0 aliphatic rings. The highest BCUT2D eigenvalue weighted by atomic mass is 32.1. The Kier molecular flexibility index (Phi) is 5.75. The molecule has 0 aliphatic heterocycles. The summed E-state index contributed by atoms with van der Waals surface area (Å²) in [6.45, 7) is 0.187. The first-order chi connectivity index (χ1) is 12.6. The minimum Gasteiger partial charge on any atom is -0.493 e. The Morgan fingerprint density at radius 1 is 1.04 bits per heavy atom. The maximum Gasteiger partial charge on any atom is 0.188 e. The summed E-state index contributed by atoms with van der Waals surface area (Å²) in [6, 6.07) is 12.1. The fourth-order valence-corrected chi connectivity index (χ4v) is 3.38. The van der Waals surface area contributed by atoms with Crippen molar-refractivity contribution in [3.8, 4) is 11.5 Å². The zero-order valence-electron chi connectivity index (χ0n) is 15.4. The van der Waals surface area contributed by atoms with Crippen molar-refractivity contribution in [2.75, 3.05) is 40.0 Å². The van der Waals surface area contributed by atoms with E-state index in [1.807, 2.05) is 44.4 Å². The van der Waals surface area contributed by atoms with Gasteiger partial charge in [0.1, 0.15) is 5.01 Å². The summed E-state index contributed by atoms with van der Waals surface area (Å²) in [4.78, 5) is 6.76. The molecule has 136 valence electrons. The van der Waals surface area contributed by atoms with Crippen LogP contribution in [-0.2, 0) is 4.74 Å². The fraction of sp³-hybridized carbons (Fsp3) is 0.250. The molecule has 0 radical (unpaired) electrons. The summed E-state index contributed by atoms with van der Waals surface area (Å²) in [6.07, 6.45) is 4.04. The summed E-state index contributed by atoms with van der Waals surface area (Å²) < 4.78 is 17.0. The van der Waals surface area contributed by atoms with Crippen LogP contribution >= 0.6 is 11.3 Å². The van der Waals surface area contributed by atoms with Gasteiger partial charge in [-0.15, -0.1) is 11.3 Å². The van der Waals surface area contributed by atoms with Crippen molar-refractivity contribution in [1.82, 2.24) is 4.98 Å². The highest BCUT2D eigenvalue weighted by molar-refractivity contribution is 7.19. The van der Waals surface area contributed by atoms with Crippen LogP contribution in [0.3, 0.4) is 0 Å². The number of aromatic nitrogens is 1. The van der Waals surface area contributed by atoms with Crippen LogP contribution in [0.25, 0.3) is 22.4 Å². The van der Waals surface area contributed by atoms with Crippen molar-refractivity contribution >= 4 is 39.4 Å². The van der Waals surface area contributed by atoms with E-state index in [1.165, 1.54) is 10.4 Å². The lowest BCUT2D eigenvalue weighted by atomic mass is 10.2. The maximum absolute atomic E-state index is 5.48. The molecular formula is C20H22N2O3S. The third-order valence-electron chi connectivity index (χ3n) is 3.84. The largest absolute Gasteiger partial charge is 0.493 e. The molecular weight excluding hydrogens is 348 g/mol. The van der Waals surface area contributed by atoms with Crippen molar-refractivity contribution in [1.29, 1.82) is 0 Å². The lowest BCUT2D eigenvalue weighted by Crippen LogP contribution is -2.07. The van der Waals surface area contributed by atoms with Crippen molar-refractivity contribution in [3.63, 3.8) is 0 Å². The molecule has 6 heteroatoms. The Balaban J connectivity index is 1.81. The highest BCUT2D eigenvalue weighted by Crippen LogP contribution is 2.30. The molecule has 2 aromatic carbocycles. The van der Waals surface area contributed by atoms with E-state index in [4.69, 9.17) is 14.2 Å². The summed E-state index contributed by atoms with van der Waals surface area (Å²) in [5.41, 5.74) is 3.20. The topological polar surface area (TPSA) is 43.8 Å². The Morgan fingerprint density at radius 2 is 1.88 bits per heavy atom. The van der Waals surface area contributed by atoms with Gasteiger partial charge in [-0.1, -0.05) is 12.1 Å². The van der Waals surface area contributed by atoms with E-state index in [-0.39, 0.29) is 6.79 Å². The SMILES string of the molecule is COCOc1ccc(C=Cc2nc3ccc(N(C)C)cc3s2)cc1OC. The van der Waals surface area contributed by atoms with E-state index in [1.54, 1.807) is 25.6 Å². The second-order valence-electron chi connectivity index (χ2n) is 5.89. The van der Waals surface area contributed by atoms with Gasteiger partial charge < -0.3 is 19.1 Å². The lowest BCUT2D eigenvalue weighted by Gasteiger charge is -2.11. The van der Waals surface area contributed by atoms with Crippen molar-refractivity contribution in [2.45, 2.75) is 0 Å². The van der Waals surface area contributed by atoms with Gasteiger partial charge in [-0.05, 0) is 42.0 Å². The van der Waals surface area contributed by atoms with Crippen LogP contribution in [0.1, 0.15) is 10.6 Å². The molecule has 26 heavy (non-hydrogen) atoms. The van der Waals surface area contributed by atoms with E-state index in [2.05, 4.69) is 28.1 Å². The number of anilines is 1. The Labute approximate surface area is 157 Å². The Bertz CT molecular complexity index is 919. The van der Waals surface area contributed by atoms with Crippen LogP contribution in [0, 0.1) is 0 Å². The monoisotopic (exact) mass is 370 g/mol. The first kappa shape index (κ1) is 18.2. The van der Waals surface area contributed by atoms with Crippen molar-refractivity contribution < 1.29 is 14.2 Å². The molecule has 3 aromatic rings. The number of fused-ring (bicyclic) bond motifs is 1. The first-order valence-corrected chi connectivity index (χ1v) is 8.98. The van der Waals surface area contributed by atoms with Crippen LogP contribution < -0.4 is 14.4 Å². The summed E-state index contributed by atoms with van der Waals surface area (Å²) in [5, 5.41) is 0.967. The molecule has 0 fully saturated rings. The van der Waals surface area contributed by atoms with Gasteiger partial charge in [-0.2, -0.15) is 0 Å². The smallest absolute Gasteiger partial charge is 0.188 e. The van der Waals surface area contributed by atoms with Crippen molar-refractivity contribution in [3.05, 3.63) is 47.0 Å². The number of benzene rings is 2. The van der Waals surface area contributed by atoms with Gasteiger partial charge >= 0.3 is 0 Å². The Hall–Kier alpha value is -2.57. The second-order valence-corrected chi connectivity index (χ2v) is 6.96. The Morgan fingerprint density at radius 3 is 2.62 bits per heavy atom. The number of rotatable bonds is 7. The van der Waals surface area contributed by atoms with Gasteiger partial charge in [0.25, 0.3) is 0 Å². The van der Waals surface area contributed by atoms with Gasteiger partial charge in [0, 0.05) is 26.9 Å². The van der Waals surface area contributed by atoms with Crippen LogP contribution in [-0.4, -0.2) is 40.1 Å². The molecule has 1 aromatic heterocycles. The third-order valence-corrected chi connectivity index (χ3v) is 4.83. The number of ether oxygens (including phenoxy) is 3. The molecule has 0 aliphatic carbocycles. The van der Waals surface area contributed by atoms with Gasteiger partial charge in [0.15, 0.2) is 18.3 Å². The molecule has 0 spiro atoms. The first-order valence-electron chi connectivity index (χ1n) is 8.16.